The third kappa shape index (κ3) is 7.53. The fourth-order valence-electron chi connectivity index (χ4n) is 1.55. The van der Waals surface area contributed by atoms with Crippen LogP contribution in [0.25, 0.3) is 0 Å². The summed E-state index contributed by atoms with van der Waals surface area (Å²) in [6, 6.07) is -0.907. The van der Waals surface area contributed by atoms with E-state index < -0.39 is 31.3 Å². The lowest BCUT2D eigenvalue weighted by molar-refractivity contribution is -0.149. The number of urea groups is 1. The predicted octanol–water partition coefficient (Wildman–Crippen LogP) is 2.03. The number of carboxylic acid groups (broad SMARTS) is 1. The molecule has 0 unspecified atom stereocenters. The van der Waals surface area contributed by atoms with Gasteiger partial charge in [0.2, 0.25) is 0 Å². The zero-order valence-electron chi connectivity index (χ0n) is 11.2. The second-order valence-electron chi connectivity index (χ2n) is 4.58. The lowest BCUT2D eigenvalue weighted by Crippen LogP contribution is -2.49. The van der Waals surface area contributed by atoms with Crippen LogP contribution in [-0.4, -0.2) is 59.3 Å². The van der Waals surface area contributed by atoms with Gasteiger partial charge >= 0.3 is 18.2 Å². The Labute approximate surface area is 110 Å². The van der Waals surface area contributed by atoms with E-state index in [1.807, 2.05) is 13.8 Å². The molecule has 0 aliphatic carbocycles. The van der Waals surface area contributed by atoms with Crippen LogP contribution in [-0.2, 0) is 4.79 Å². The highest BCUT2D eigenvalue weighted by Gasteiger charge is 2.35. The third-order valence-corrected chi connectivity index (χ3v) is 2.20. The van der Waals surface area contributed by atoms with Crippen LogP contribution < -0.4 is 0 Å². The summed E-state index contributed by atoms with van der Waals surface area (Å²) in [7, 11) is 0. The highest BCUT2D eigenvalue weighted by Crippen LogP contribution is 2.17. The molecular weight excluding hydrogens is 265 g/mol. The predicted molar refractivity (Wildman–Crippen MR) is 62.7 cm³/mol. The average Bonchev–Trinajstić information content (AvgIpc) is 2.21. The molecule has 5 nitrogen and oxygen atoms in total. The second kappa shape index (κ2) is 7.20. The van der Waals surface area contributed by atoms with Crippen molar-refractivity contribution >= 4 is 12.0 Å². The SMILES string of the molecule is CCN(CC(C)C)C(=O)N(CC(=O)O)CC(F)(F)F. The molecule has 0 heterocycles. The van der Waals surface area contributed by atoms with Crippen molar-refractivity contribution in [2.75, 3.05) is 26.2 Å². The minimum Gasteiger partial charge on any atom is -0.480 e. The number of alkyl halides is 3. The first-order chi connectivity index (χ1) is 8.56. The Balaban J connectivity index is 4.90. The van der Waals surface area contributed by atoms with Crippen LogP contribution in [0.4, 0.5) is 18.0 Å². The number of carbonyl (C=O) groups is 2. The molecule has 8 heteroatoms. The van der Waals surface area contributed by atoms with Crippen molar-refractivity contribution < 1.29 is 27.9 Å². The largest absolute Gasteiger partial charge is 0.480 e. The number of rotatable bonds is 6. The Bertz CT molecular complexity index is 319. The maximum atomic E-state index is 12.3. The lowest BCUT2D eigenvalue weighted by atomic mass is 10.2. The quantitative estimate of drug-likeness (QED) is 0.812. The standard InChI is InChI=1S/C11H19F3N2O3/c1-4-15(5-8(2)3)10(19)16(6-9(17)18)7-11(12,13)14/h8H,4-7H2,1-3H3,(H,17,18). The molecule has 0 aliphatic rings. The average molecular weight is 284 g/mol. The summed E-state index contributed by atoms with van der Waals surface area (Å²) < 4.78 is 37.0. The van der Waals surface area contributed by atoms with E-state index in [-0.39, 0.29) is 19.0 Å². The summed E-state index contributed by atoms with van der Waals surface area (Å²) in [6.45, 7) is 3.25. The molecule has 0 bridgehead atoms. The molecule has 0 aromatic carbocycles. The van der Waals surface area contributed by atoms with E-state index in [1.54, 1.807) is 6.92 Å². The van der Waals surface area contributed by atoms with Crippen LogP contribution in [0.1, 0.15) is 20.8 Å². The summed E-state index contributed by atoms with van der Waals surface area (Å²) in [5.74, 6) is -1.39. The van der Waals surface area contributed by atoms with E-state index in [0.29, 0.717) is 4.90 Å². The fourth-order valence-corrected chi connectivity index (χ4v) is 1.55. The molecule has 0 saturated heterocycles. The number of carbonyl (C=O) groups excluding carboxylic acids is 1. The van der Waals surface area contributed by atoms with Crippen molar-refractivity contribution in [1.82, 2.24) is 9.80 Å². The second-order valence-corrected chi connectivity index (χ2v) is 4.58. The summed E-state index contributed by atoms with van der Waals surface area (Å²) in [5, 5.41) is 8.59. The Morgan fingerprint density at radius 3 is 2.05 bits per heavy atom. The van der Waals surface area contributed by atoms with E-state index in [1.165, 1.54) is 4.90 Å². The molecule has 0 saturated carbocycles. The molecule has 0 aromatic rings. The molecule has 19 heavy (non-hydrogen) atoms. The molecule has 0 aromatic heterocycles. The molecule has 0 aliphatic heterocycles. The van der Waals surface area contributed by atoms with Gasteiger partial charge in [0.1, 0.15) is 13.1 Å². The third-order valence-electron chi connectivity index (χ3n) is 2.20. The molecule has 1 N–H and O–H groups in total. The van der Waals surface area contributed by atoms with Gasteiger partial charge in [0.15, 0.2) is 0 Å². The molecule has 0 fully saturated rings. The van der Waals surface area contributed by atoms with Crippen LogP contribution in [0.15, 0.2) is 0 Å². The van der Waals surface area contributed by atoms with E-state index in [9.17, 15) is 22.8 Å². The number of nitrogens with zero attached hydrogens (tertiary/aromatic N) is 2. The van der Waals surface area contributed by atoms with Crippen LogP contribution >= 0.6 is 0 Å². The molecular formula is C11H19F3N2O3. The van der Waals surface area contributed by atoms with Gasteiger partial charge < -0.3 is 14.9 Å². The van der Waals surface area contributed by atoms with Gasteiger partial charge in [-0.1, -0.05) is 13.8 Å². The van der Waals surface area contributed by atoms with E-state index >= 15 is 0 Å². The molecule has 0 atom stereocenters. The minimum atomic E-state index is -4.62. The van der Waals surface area contributed by atoms with Gasteiger partial charge in [0.25, 0.3) is 0 Å². The number of aliphatic carboxylic acids is 1. The maximum absolute atomic E-state index is 12.3. The minimum absolute atomic E-state index is 0.0847. The number of hydrogen-bond donors (Lipinski definition) is 1. The summed E-state index contributed by atoms with van der Waals surface area (Å²) in [6.07, 6.45) is -4.62. The first kappa shape index (κ1) is 17.5. The van der Waals surface area contributed by atoms with Crippen molar-refractivity contribution in [3.63, 3.8) is 0 Å². The van der Waals surface area contributed by atoms with Gasteiger partial charge in [-0.2, -0.15) is 13.2 Å². The van der Waals surface area contributed by atoms with Gasteiger partial charge in [-0.25, -0.2) is 4.79 Å². The molecule has 0 spiro atoms. The van der Waals surface area contributed by atoms with Crippen molar-refractivity contribution in [2.24, 2.45) is 5.92 Å². The normalized spacial score (nSPS) is 11.5. The highest BCUT2D eigenvalue weighted by molar-refractivity contribution is 5.80. The lowest BCUT2D eigenvalue weighted by Gasteiger charge is -2.30. The van der Waals surface area contributed by atoms with Gasteiger partial charge in [-0.15, -0.1) is 0 Å². The molecule has 2 amide bonds. The van der Waals surface area contributed by atoms with Gasteiger partial charge in [-0.05, 0) is 12.8 Å². The maximum Gasteiger partial charge on any atom is 0.406 e. The van der Waals surface area contributed by atoms with Crippen LogP contribution in [0.2, 0.25) is 0 Å². The van der Waals surface area contributed by atoms with Crippen LogP contribution in [0.5, 0.6) is 0 Å². The Kier molecular flexibility index (Phi) is 6.64. The first-order valence-corrected chi connectivity index (χ1v) is 5.89. The fraction of sp³-hybridized carbons (Fsp3) is 0.818. The van der Waals surface area contributed by atoms with E-state index in [2.05, 4.69) is 0 Å². The van der Waals surface area contributed by atoms with Crippen molar-refractivity contribution in [2.45, 2.75) is 26.9 Å². The van der Waals surface area contributed by atoms with Crippen LogP contribution in [0, 0.1) is 5.92 Å². The zero-order chi connectivity index (χ0) is 15.2. The topological polar surface area (TPSA) is 60.9 Å². The summed E-state index contributed by atoms with van der Waals surface area (Å²) in [5.41, 5.74) is 0. The zero-order valence-corrected chi connectivity index (χ0v) is 11.2. The number of carboxylic acids is 1. The molecule has 112 valence electrons. The molecule has 0 radical (unpaired) electrons. The van der Waals surface area contributed by atoms with Gasteiger partial charge in [0.05, 0.1) is 0 Å². The van der Waals surface area contributed by atoms with E-state index in [4.69, 9.17) is 5.11 Å². The van der Waals surface area contributed by atoms with E-state index in [0.717, 1.165) is 0 Å². The van der Waals surface area contributed by atoms with Gasteiger partial charge in [0, 0.05) is 13.1 Å². The Hall–Kier alpha value is -1.47. The summed E-state index contributed by atoms with van der Waals surface area (Å²) in [4.78, 5) is 24.0. The first-order valence-electron chi connectivity index (χ1n) is 5.89. The van der Waals surface area contributed by atoms with Crippen LogP contribution in [0.3, 0.4) is 0 Å². The Morgan fingerprint density at radius 2 is 1.74 bits per heavy atom. The number of halogens is 3. The monoisotopic (exact) mass is 284 g/mol. The number of hydrogen-bond acceptors (Lipinski definition) is 2. The van der Waals surface area contributed by atoms with Gasteiger partial charge in [-0.3, -0.25) is 4.79 Å². The smallest absolute Gasteiger partial charge is 0.406 e. The summed E-state index contributed by atoms with van der Waals surface area (Å²) >= 11 is 0. The van der Waals surface area contributed by atoms with Crippen molar-refractivity contribution in [3.8, 4) is 0 Å². The number of amides is 2. The molecule has 0 rings (SSSR count). The van der Waals surface area contributed by atoms with Crippen molar-refractivity contribution in [1.29, 1.82) is 0 Å². The Morgan fingerprint density at radius 1 is 1.21 bits per heavy atom. The van der Waals surface area contributed by atoms with Crippen molar-refractivity contribution in [3.05, 3.63) is 0 Å². The highest BCUT2D eigenvalue weighted by atomic mass is 19.4.